The molecule has 0 heterocycles. The first kappa shape index (κ1) is 23.7. The molecular weight excluding hydrogens is 450 g/mol. The van der Waals surface area contributed by atoms with E-state index in [2.05, 4.69) is 5.32 Å². The second kappa shape index (κ2) is 10.1. The summed E-state index contributed by atoms with van der Waals surface area (Å²) < 4.78 is 20.8. The number of nitrogens with zero attached hydrogens (tertiary/aromatic N) is 1. The van der Waals surface area contributed by atoms with E-state index in [1.54, 1.807) is 18.2 Å². The lowest BCUT2D eigenvalue weighted by Crippen LogP contribution is -2.23. The second-order valence-corrected chi connectivity index (χ2v) is 11.0. The van der Waals surface area contributed by atoms with Gasteiger partial charge in [-0.15, -0.1) is 0 Å². The summed E-state index contributed by atoms with van der Waals surface area (Å²) in [6.07, 6.45) is -0.259. The Labute approximate surface area is 194 Å². The van der Waals surface area contributed by atoms with Crippen LogP contribution in [0.4, 0.5) is 11.4 Å². The van der Waals surface area contributed by atoms with E-state index in [4.69, 9.17) is 27.7 Å². The molecule has 3 rings (SSSR count). The van der Waals surface area contributed by atoms with Crippen LogP contribution in [0.5, 0.6) is 0 Å². The topological polar surface area (TPSA) is 41.6 Å². The summed E-state index contributed by atoms with van der Waals surface area (Å²) in [7, 11) is 0.455. The highest BCUT2D eigenvalue weighted by molar-refractivity contribution is 7.67. The number of benzene rings is 3. The quantitative estimate of drug-likeness (QED) is 0.349. The van der Waals surface area contributed by atoms with Gasteiger partial charge < -0.3 is 14.7 Å². The van der Waals surface area contributed by atoms with Crippen LogP contribution in [0, 0.1) is 0 Å². The minimum Gasteiger partial charge on any atom is -0.378 e. The number of hydrogen-bond acceptors (Lipinski definition) is 4. The summed E-state index contributed by atoms with van der Waals surface area (Å²) in [6.45, 7) is 3.76. The number of rotatable bonds is 8. The maximum Gasteiger partial charge on any atom is 0.258 e. The Morgan fingerprint density at radius 2 is 1.58 bits per heavy atom. The minimum atomic E-state index is -3.47. The van der Waals surface area contributed by atoms with Crippen molar-refractivity contribution in [2.45, 2.75) is 25.7 Å². The van der Waals surface area contributed by atoms with Gasteiger partial charge in [0.05, 0.1) is 6.10 Å². The largest absolute Gasteiger partial charge is 0.378 e. The molecule has 7 heteroatoms. The Balaban J connectivity index is 2.17. The van der Waals surface area contributed by atoms with E-state index < -0.39 is 13.2 Å². The fraction of sp³-hybridized carbons (Fsp3) is 0.250. The van der Waals surface area contributed by atoms with Crippen LogP contribution >= 0.6 is 30.6 Å². The number of anilines is 2. The Morgan fingerprint density at radius 3 is 2.13 bits per heavy atom. The molecule has 0 amide bonds. The lowest BCUT2D eigenvalue weighted by molar-refractivity contribution is 0.245. The maximum atomic E-state index is 14.7. The molecule has 0 saturated heterocycles. The SMILES string of the molecule is CC(C)O[P@@](=O)(c1ccc(N(C)C)cc1)[C@H](Nc1ccccc1)c1ccc(Cl)cc1Cl. The molecule has 4 nitrogen and oxygen atoms in total. The molecule has 0 spiro atoms. The fourth-order valence-corrected chi connectivity index (χ4v) is 6.54. The first-order valence-electron chi connectivity index (χ1n) is 10.0. The van der Waals surface area contributed by atoms with Gasteiger partial charge in [0.2, 0.25) is 0 Å². The molecule has 0 unspecified atom stereocenters. The van der Waals surface area contributed by atoms with Crippen LogP contribution in [0.2, 0.25) is 10.0 Å². The van der Waals surface area contributed by atoms with Crippen molar-refractivity contribution < 1.29 is 9.09 Å². The number of halogens is 2. The Hall–Kier alpha value is -1.97. The van der Waals surface area contributed by atoms with Gasteiger partial charge in [-0.05, 0) is 62.4 Å². The van der Waals surface area contributed by atoms with Gasteiger partial charge in [0.25, 0.3) is 7.37 Å². The summed E-state index contributed by atoms with van der Waals surface area (Å²) >= 11 is 12.7. The monoisotopic (exact) mass is 476 g/mol. The number of para-hydroxylation sites is 1. The Morgan fingerprint density at radius 1 is 0.935 bits per heavy atom. The maximum absolute atomic E-state index is 14.7. The summed E-state index contributed by atoms with van der Waals surface area (Å²) in [6, 6.07) is 22.4. The van der Waals surface area contributed by atoms with Crippen LogP contribution in [0.25, 0.3) is 0 Å². The zero-order chi connectivity index (χ0) is 22.6. The molecule has 0 aromatic heterocycles. The normalized spacial score (nSPS) is 14.2. The molecule has 0 radical (unpaired) electrons. The van der Waals surface area contributed by atoms with Gasteiger partial charge in [0.1, 0.15) is 5.78 Å². The van der Waals surface area contributed by atoms with Crippen molar-refractivity contribution in [2.75, 3.05) is 24.3 Å². The van der Waals surface area contributed by atoms with Crippen molar-refractivity contribution in [1.82, 2.24) is 0 Å². The van der Waals surface area contributed by atoms with Gasteiger partial charge >= 0.3 is 0 Å². The van der Waals surface area contributed by atoms with Crippen molar-refractivity contribution in [3.8, 4) is 0 Å². The van der Waals surface area contributed by atoms with Crippen LogP contribution in [0.3, 0.4) is 0 Å². The smallest absolute Gasteiger partial charge is 0.258 e. The van der Waals surface area contributed by atoms with Gasteiger partial charge in [0.15, 0.2) is 0 Å². The van der Waals surface area contributed by atoms with Crippen LogP contribution in [0.1, 0.15) is 25.2 Å². The van der Waals surface area contributed by atoms with Crippen LogP contribution < -0.4 is 15.5 Å². The lowest BCUT2D eigenvalue weighted by atomic mass is 10.2. The van der Waals surface area contributed by atoms with Crippen molar-refractivity contribution in [3.05, 3.63) is 88.4 Å². The van der Waals surface area contributed by atoms with E-state index in [-0.39, 0.29) is 6.10 Å². The molecule has 3 aromatic carbocycles. The lowest BCUT2D eigenvalue weighted by Gasteiger charge is -2.32. The third kappa shape index (κ3) is 5.64. The van der Waals surface area contributed by atoms with Crippen molar-refractivity contribution in [2.24, 2.45) is 0 Å². The van der Waals surface area contributed by atoms with Gasteiger partial charge in [-0.2, -0.15) is 0 Å². The highest BCUT2D eigenvalue weighted by atomic mass is 35.5. The molecule has 0 bridgehead atoms. The third-order valence-electron chi connectivity index (χ3n) is 4.77. The summed E-state index contributed by atoms with van der Waals surface area (Å²) in [5, 5.41) is 4.97. The highest BCUT2D eigenvalue weighted by Gasteiger charge is 2.39. The molecule has 164 valence electrons. The van der Waals surface area contributed by atoms with Crippen LogP contribution in [-0.2, 0) is 9.09 Å². The number of hydrogen-bond donors (Lipinski definition) is 1. The summed E-state index contributed by atoms with van der Waals surface area (Å²) in [4.78, 5) is 1.99. The van der Waals surface area contributed by atoms with Crippen LogP contribution in [0.15, 0.2) is 72.8 Å². The van der Waals surface area contributed by atoms with E-state index in [9.17, 15) is 4.57 Å². The predicted molar refractivity (Wildman–Crippen MR) is 133 cm³/mol. The Kier molecular flexibility index (Phi) is 7.72. The van der Waals surface area contributed by atoms with Crippen molar-refractivity contribution in [1.29, 1.82) is 0 Å². The van der Waals surface area contributed by atoms with Gasteiger partial charge in [-0.25, -0.2) is 0 Å². The van der Waals surface area contributed by atoms with Crippen LogP contribution in [-0.4, -0.2) is 20.2 Å². The van der Waals surface area contributed by atoms with Crippen molar-refractivity contribution >= 4 is 47.3 Å². The van der Waals surface area contributed by atoms with Gasteiger partial charge in [0, 0.05) is 46.4 Å². The first-order chi connectivity index (χ1) is 14.7. The average Bonchev–Trinajstić information content (AvgIpc) is 2.73. The second-order valence-electron chi connectivity index (χ2n) is 7.74. The minimum absolute atomic E-state index is 0.259. The zero-order valence-electron chi connectivity index (χ0n) is 18.0. The average molecular weight is 477 g/mol. The molecule has 0 aliphatic carbocycles. The molecule has 1 N–H and O–H groups in total. The number of nitrogens with one attached hydrogen (secondary N) is 1. The van der Waals surface area contributed by atoms with E-state index in [0.717, 1.165) is 11.4 Å². The molecule has 31 heavy (non-hydrogen) atoms. The molecule has 0 fully saturated rings. The molecule has 2 atom stereocenters. The van der Waals surface area contributed by atoms with Crippen molar-refractivity contribution in [3.63, 3.8) is 0 Å². The molecule has 0 aliphatic rings. The summed E-state index contributed by atoms with van der Waals surface area (Å²) in [5.41, 5.74) is 2.49. The molecule has 0 saturated carbocycles. The van der Waals surface area contributed by atoms with E-state index in [1.807, 2.05) is 87.4 Å². The fourth-order valence-electron chi connectivity index (χ4n) is 3.30. The van der Waals surface area contributed by atoms with E-state index in [0.29, 0.717) is 20.9 Å². The third-order valence-corrected chi connectivity index (χ3v) is 8.17. The standard InChI is InChI=1S/C24H27Cl2N2O2P/c1-17(2)30-31(29,21-13-11-20(12-14-21)28(3)4)24(27-19-8-6-5-7-9-19)22-15-10-18(25)16-23(22)26/h5-17,24,27H,1-4H3/t24-,31-/m0/s1. The molecular formula is C24H27Cl2N2O2P. The van der Waals surface area contributed by atoms with E-state index >= 15 is 0 Å². The molecule has 3 aromatic rings. The Bertz CT molecular complexity index is 1060. The summed E-state index contributed by atoms with van der Waals surface area (Å²) in [5.74, 6) is -0.702. The highest BCUT2D eigenvalue weighted by Crippen LogP contribution is 2.60. The predicted octanol–water partition coefficient (Wildman–Crippen LogP) is 7.20. The van der Waals surface area contributed by atoms with Gasteiger partial charge in [-0.3, -0.25) is 4.57 Å². The van der Waals surface area contributed by atoms with Gasteiger partial charge in [-0.1, -0.05) is 47.5 Å². The van der Waals surface area contributed by atoms with E-state index in [1.165, 1.54) is 0 Å². The first-order valence-corrected chi connectivity index (χ1v) is 12.5. The molecule has 0 aliphatic heterocycles. The zero-order valence-corrected chi connectivity index (χ0v) is 20.5.